The molecule has 0 saturated carbocycles. The van der Waals surface area contributed by atoms with Gasteiger partial charge in [0.05, 0.1) is 11.4 Å². The van der Waals surface area contributed by atoms with E-state index in [0.29, 0.717) is 5.69 Å². The minimum absolute atomic E-state index is 0.235. The molecule has 0 radical (unpaired) electrons. The van der Waals surface area contributed by atoms with Gasteiger partial charge in [-0.15, -0.1) is 0 Å². The Morgan fingerprint density at radius 2 is 1.27 bits per heavy atom. The first kappa shape index (κ1) is 20.5. The van der Waals surface area contributed by atoms with Crippen molar-refractivity contribution in [1.82, 2.24) is 9.78 Å². The first-order valence-corrected chi connectivity index (χ1v) is 10.9. The molecule has 1 aromatic heterocycles. The van der Waals surface area contributed by atoms with E-state index in [0.717, 1.165) is 33.8 Å². The molecule has 0 atom stereocenters. The predicted octanol–water partition coefficient (Wildman–Crippen LogP) is 6.77. The Balaban J connectivity index is 1.53. The first-order chi connectivity index (χ1) is 16.2. The number of hydrogen-bond acceptors (Lipinski definition) is 2. The van der Waals surface area contributed by atoms with Crippen LogP contribution in [0.5, 0.6) is 0 Å². The van der Waals surface area contributed by atoms with E-state index in [9.17, 15) is 4.79 Å². The molecule has 0 saturated heterocycles. The third kappa shape index (κ3) is 4.32. The summed E-state index contributed by atoms with van der Waals surface area (Å²) in [6.45, 7) is 1.97. The second-order valence-electron chi connectivity index (χ2n) is 7.87. The lowest BCUT2D eigenvalue weighted by Crippen LogP contribution is -2.13. The molecule has 1 heterocycles. The van der Waals surface area contributed by atoms with E-state index in [1.807, 2.05) is 90.5 Å². The quantitative estimate of drug-likeness (QED) is 0.335. The lowest BCUT2D eigenvalue weighted by Gasteiger charge is -2.08. The van der Waals surface area contributed by atoms with Gasteiger partial charge < -0.3 is 5.32 Å². The molecule has 0 bridgehead atoms. The summed E-state index contributed by atoms with van der Waals surface area (Å²) < 4.78 is 1.82. The van der Waals surface area contributed by atoms with Gasteiger partial charge in [-0.1, -0.05) is 91.0 Å². The van der Waals surface area contributed by atoms with E-state index < -0.39 is 0 Å². The summed E-state index contributed by atoms with van der Waals surface area (Å²) in [6, 6.07) is 38.0. The van der Waals surface area contributed by atoms with Crippen LogP contribution in [0.1, 0.15) is 16.1 Å². The second kappa shape index (κ2) is 8.97. The highest BCUT2D eigenvalue weighted by atomic mass is 16.2. The van der Waals surface area contributed by atoms with Gasteiger partial charge in [-0.05, 0) is 47.9 Å². The van der Waals surface area contributed by atoms with Crippen molar-refractivity contribution in [3.05, 3.63) is 127 Å². The van der Waals surface area contributed by atoms with E-state index in [-0.39, 0.29) is 5.91 Å². The Bertz CT molecular complexity index is 1390. The molecular weight excluding hydrogens is 406 g/mol. The van der Waals surface area contributed by atoms with Crippen molar-refractivity contribution in [1.29, 1.82) is 0 Å². The van der Waals surface area contributed by atoms with E-state index in [4.69, 9.17) is 0 Å². The standard InChI is InChI=1S/C29H23N3O/c1-21-10-8-9-15-26(21)30-29(33)27-20-28(32(31-27)25-13-6-3-7-14-25)24-18-16-23(17-19-24)22-11-4-2-5-12-22/h2-20H,1H3,(H,30,33). The van der Waals surface area contributed by atoms with Crippen LogP contribution in [0, 0.1) is 6.92 Å². The van der Waals surface area contributed by atoms with E-state index >= 15 is 0 Å². The molecule has 0 unspecified atom stereocenters. The fraction of sp³-hybridized carbons (Fsp3) is 0.0345. The SMILES string of the molecule is Cc1ccccc1NC(=O)c1cc(-c2ccc(-c3ccccc3)cc2)n(-c2ccccc2)n1. The summed E-state index contributed by atoms with van der Waals surface area (Å²) in [5, 5.41) is 7.65. The Kier molecular flexibility index (Phi) is 5.56. The zero-order chi connectivity index (χ0) is 22.6. The number of nitrogens with one attached hydrogen (secondary N) is 1. The topological polar surface area (TPSA) is 46.9 Å². The van der Waals surface area contributed by atoms with Gasteiger partial charge in [-0.2, -0.15) is 5.10 Å². The molecule has 0 aliphatic carbocycles. The third-order valence-corrected chi connectivity index (χ3v) is 5.62. The van der Waals surface area contributed by atoms with Crippen LogP contribution in [0.25, 0.3) is 28.1 Å². The molecule has 5 aromatic rings. The van der Waals surface area contributed by atoms with Crippen LogP contribution >= 0.6 is 0 Å². The van der Waals surface area contributed by atoms with Crippen LogP contribution < -0.4 is 5.32 Å². The molecule has 4 heteroatoms. The molecule has 1 amide bonds. The molecule has 0 aliphatic rings. The predicted molar refractivity (Wildman–Crippen MR) is 134 cm³/mol. The van der Waals surface area contributed by atoms with Crippen LogP contribution in [0.3, 0.4) is 0 Å². The van der Waals surface area contributed by atoms with Crippen molar-refractivity contribution < 1.29 is 4.79 Å². The van der Waals surface area contributed by atoms with Crippen LogP contribution in [0.2, 0.25) is 0 Å². The minimum atomic E-state index is -0.235. The van der Waals surface area contributed by atoms with Gasteiger partial charge in [0.1, 0.15) is 0 Å². The molecule has 4 aromatic carbocycles. The molecule has 0 fully saturated rings. The lowest BCUT2D eigenvalue weighted by molar-refractivity contribution is 0.102. The van der Waals surface area contributed by atoms with Gasteiger partial charge in [0.25, 0.3) is 5.91 Å². The largest absolute Gasteiger partial charge is 0.320 e. The number of nitrogens with zero attached hydrogens (tertiary/aromatic N) is 2. The average Bonchev–Trinajstić information content (AvgIpc) is 3.32. The van der Waals surface area contributed by atoms with Gasteiger partial charge in [0.15, 0.2) is 5.69 Å². The maximum Gasteiger partial charge on any atom is 0.276 e. The van der Waals surface area contributed by atoms with Gasteiger partial charge in [0, 0.05) is 11.3 Å². The highest BCUT2D eigenvalue weighted by molar-refractivity contribution is 6.04. The molecule has 1 N–H and O–H groups in total. The Morgan fingerprint density at radius 1 is 0.697 bits per heavy atom. The molecule has 160 valence electrons. The molecule has 0 aliphatic heterocycles. The fourth-order valence-electron chi connectivity index (χ4n) is 3.83. The average molecular weight is 430 g/mol. The van der Waals surface area contributed by atoms with E-state index in [1.165, 1.54) is 5.56 Å². The molecule has 4 nitrogen and oxygen atoms in total. The molecule has 33 heavy (non-hydrogen) atoms. The number of rotatable bonds is 5. The number of carbonyl (C=O) groups is 1. The number of carbonyl (C=O) groups excluding carboxylic acids is 1. The third-order valence-electron chi connectivity index (χ3n) is 5.62. The maximum atomic E-state index is 13.0. The van der Waals surface area contributed by atoms with Gasteiger partial charge in [-0.25, -0.2) is 4.68 Å². The highest BCUT2D eigenvalue weighted by Gasteiger charge is 2.17. The minimum Gasteiger partial charge on any atom is -0.320 e. The maximum absolute atomic E-state index is 13.0. The van der Waals surface area contributed by atoms with Crippen molar-refractivity contribution >= 4 is 11.6 Å². The first-order valence-electron chi connectivity index (χ1n) is 10.9. The van der Waals surface area contributed by atoms with Gasteiger partial charge in [0.2, 0.25) is 0 Å². The normalized spacial score (nSPS) is 10.7. The summed E-state index contributed by atoms with van der Waals surface area (Å²) in [5.74, 6) is -0.235. The zero-order valence-corrected chi connectivity index (χ0v) is 18.3. The van der Waals surface area contributed by atoms with Crippen molar-refractivity contribution in [3.63, 3.8) is 0 Å². The zero-order valence-electron chi connectivity index (χ0n) is 18.3. The second-order valence-corrected chi connectivity index (χ2v) is 7.87. The fourth-order valence-corrected chi connectivity index (χ4v) is 3.83. The summed E-state index contributed by atoms with van der Waals surface area (Å²) in [5.41, 5.74) is 7.20. The van der Waals surface area contributed by atoms with Crippen molar-refractivity contribution in [2.75, 3.05) is 5.32 Å². The number of anilines is 1. The highest BCUT2D eigenvalue weighted by Crippen LogP contribution is 2.28. The number of amides is 1. The smallest absolute Gasteiger partial charge is 0.276 e. The Labute approximate surface area is 193 Å². The van der Waals surface area contributed by atoms with Gasteiger partial charge >= 0.3 is 0 Å². The Hall–Kier alpha value is -4.44. The van der Waals surface area contributed by atoms with Crippen LogP contribution in [-0.2, 0) is 0 Å². The van der Waals surface area contributed by atoms with Crippen molar-refractivity contribution in [3.8, 4) is 28.1 Å². The summed E-state index contributed by atoms with van der Waals surface area (Å²) >= 11 is 0. The molecular formula is C29H23N3O. The molecule has 5 rings (SSSR count). The monoisotopic (exact) mass is 429 g/mol. The van der Waals surface area contributed by atoms with Crippen molar-refractivity contribution in [2.45, 2.75) is 6.92 Å². The number of benzene rings is 4. The van der Waals surface area contributed by atoms with E-state index in [2.05, 4.69) is 46.8 Å². The van der Waals surface area contributed by atoms with Crippen LogP contribution in [0.15, 0.2) is 115 Å². The van der Waals surface area contributed by atoms with E-state index in [1.54, 1.807) is 0 Å². The van der Waals surface area contributed by atoms with Gasteiger partial charge in [-0.3, -0.25) is 4.79 Å². The lowest BCUT2D eigenvalue weighted by atomic mass is 10.0. The number of para-hydroxylation sites is 2. The summed E-state index contributed by atoms with van der Waals surface area (Å²) in [4.78, 5) is 13.0. The summed E-state index contributed by atoms with van der Waals surface area (Å²) in [7, 11) is 0. The van der Waals surface area contributed by atoms with Crippen LogP contribution in [0.4, 0.5) is 5.69 Å². The number of hydrogen-bond donors (Lipinski definition) is 1. The van der Waals surface area contributed by atoms with Crippen molar-refractivity contribution in [2.24, 2.45) is 0 Å². The number of aryl methyl sites for hydroxylation is 1. The Morgan fingerprint density at radius 3 is 1.97 bits per heavy atom. The van der Waals surface area contributed by atoms with Crippen LogP contribution in [-0.4, -0.2) is 15.7 Å². The number of aromatic nitrogens is 2. The summed E-state index contributed by atoms with van der Waals surface area (Å²) in [6.07, 6.45) is 0. The molecule has 0 spiro atoms.